The quantitative estimate of drug-likeness (QED) is 0.712. The predicted molar refractivity (Wildman–Crippen MR) is 88.0 cm³/mol. The summed E-state index contributed by atoms with van der Waals surface area (Å²) in [6.07, 6.45) is 5.52. The van der Waals surface area contributed by atoms with Crippen molar-refractivity contribution in [2.75, 3.05) is 0 Å². The molecule has 0 spiro atoms. The van der Waals surface area contributed by atoms with Gasteiger partial charge in [-0.2, -0.15) is 0 Å². The molecular weight excluding hydrogens is 310 g/mol. The van der Waals surface area contributed by atoms with Crippen molar-refractivity contribution in [2.24, 2.45) is 13.0 Å². The highest BCUT2D eigenvalue weighted by Crippen LogP contribution is 2.39. The molecule has 0 saturated heterocycles. The van der Waals surface area contributed by atoms with Crippen molar-refractivity contribution in [3.8, 4) is 0 Å². The van der Waals surface area contributed by atoms with Gasteiger partial charge in [0.25, 0.3) is 5.56 Å². The summed E-state index contributed by atoms with van der Waals surface area (Å²) < 4.78 is 2.06. The Bertz CT molecular complexity index is 799. The maximum atomic E-state index is 12.8. The topological polar surface area (TPSA) is 81.4 Å². The molecule has 0 radical (unpaired) electrons. The number of ketones is 1. The van der Waals surface area contributed by atoms with Crippen LogP contribution in [0.4, 0.5) is 0 Å². The van der Waals surface area contributed by atoms with E-state index >= 15 is 0 Å². The molecule has 0 aliphatic heterocycles. The van der Waals surface area contributed by atoms with Gasteiger partial charge in [0.1, 0.15) is 6.54 Å². The van der Waals surface area contributed by atoms with Gasteiger partial charge in [-0.05, 0) is 45.4 Å². The Kier molecular flexibility index (Phi) is 4.19. The van der Waals surface area contributed by atoms with Gasteiger partial charge in [0.15, 0.2) is 5.78 Å². The summed E-state index contributed by atoms with van der Waals surface area (Å²) in [5.74, 6) is 0.0218. The molecule has 7 heteroatoms. The van der Waals surface area contributed by atoms with E-state index < -0.39 is 17.0 Å². The van der Waals surface area contributed by atoms with Crippen molar-refractivity contribution >= 4 is 11.7 Å². The Morgan fingerprint density at radius 3 is 2.38 bits per heavy atom. The highest BCUT2D eigenvalue weighted by atomic mass is 16.2. The van der Waals surface area contributed by atoms with E-state index in [9.17, 15) is 19.2 Å². The maximum absolute atomic E-state index is 12.8. The van der Waals surface area contributed by atoms with Gasteiger partial charge in [-0.3, -0.25) is 23.5 Å². The van der Waals surface area contributed by atoms with Crippen LogP contribution in [0.5, 0.6) is 0 Å². The lowest BCUT2D eigenvalue weighted by molar-refractivity contribution is -0.135. The highest BCUT2D eigenvalue weighted by molar-refractivity contribution is 5.93. The standard InChI is InChI=1S/C17H23N3O4/c1-10(12-4-5-12)20(13-6-7-13)15(22)9-19-8-14(11(2)21)16(23)18(3)17(19)24/h8,10,12-13H,4-7,9H2,1-3H3. The summed E-state index contributed by atoms with van der Waals surface area (Å²) in [5, 5.41) is 0. The summed E-state index contributed by atoms with van der Waals surface area (Å²) >= 11 is 0. The molecule has 2 saturated carbocycles. The minimum Gasteiger partial charge on any atom is -0.335 e. The lowest BCUT2D eigenvalue weighted by Gasteiger charge is -2.30. The molecule has 2 aliphatic rings. The molecule has 1 aromatic rings. The van der Waals surface area contributed by atoms with Crippen LogP contribution in [0.2, 0.25) is 0 Å². The van der Waals surface area contributed by atoms with Crippen molar-refractivity contribution in [3.63, 3.8) is 0 Å². The Morgan fingerprint density at radius 2 is 1.88 bits per heavy atom. The number of carbonyl (C=O) groups is 2. The van der Waals surface area contributed by atoms with Crippen molar-refractivity contribution in [3.05, 3.63) is 32.6 Å². The largest absolute Gasteiger partial charge is 0.335 e. The molecule has 24 heavy (non-hydrogen) atoms. The van der Waals surface area contributed by atoms with Crippen molar-refractivity contribution in [1.29, 1.82) is 0 Å². The second-order valence-electron chi connectivity index (χ2n) is 6.98. The molecule has 3 rings (SSSR count). The van der Waals surface area contributed by atoms with Gasteiger partial charge in [0.05, 0.1) is 5.56 Å². The SMILES string of the molecule is CC(=O)c1cn(CC(=O)N(C2CC2)C(C)C2CC2)c(=O)n(C)c1=O. The minimum atomic E-state index is -0.624. The van der Waals surface area contributed by atoms with E-state index in [1.54, 1.807) is 0 Å². The molecule has 1 heterocycles. The Hall–Kier alpha value is -2.18. The molecule has 0 aromatic carbocycles. The molecule has 7 nitrogen and oxygen atoms in total. The van der Waals surface area contributed by atoms with Gasteiger partial charge >= 0.3 is 5.69 Å². The fraction of sp³-hybridized carbons (Fsp3) is 0.647. The molecule has 1 atom stereocenters. The zero-order chi connectivity index (χ0) is 17.6. The van der Waals surface area contributed by atoms with Gasteiger partial charge < -0.3 is 4.90 Å². The van der Waals surface area contributed by atoms with E-state index in [-0.39, 0.29) is 30.1 Å². The normalized spacial score (nSPS) is 18.3. The molecule has 2 aliphatic carbocycles. The summed E-state index contributed by atoms with van der Waals surface area (Å²) in [4.78, 5) is 50.5. The van der Waals surface area contributed by atoms with Crippen molar-refractivity contribution < 1.29 is 9.59 Å². The smallest absolute Gasteiger partial charge is 0.331 e. The number of carbonyl (C=O) groups excluding carboxylic acids is 2. The molecular formula is C17H23N3O4. The van der Waals surface area contributed by atoms with Crippen LogP contribution in [0.15, 0.2) is 15.8 Å². The number of rotatable bonds is 6. The summed E-state index contributed by atoms with van der Waals surface area (Å²) in [5.41, 5.74) is -1.27. The number of Topliss-reactive ketones (excluding diaryl/α,β-unsaturated/α-hetero) is 1. The number of hydrogen-bond acceptors (Lipinski definition) is 4. The zero-order valence-corrected chi connectivity index (χ0v) is 14.3. The third-order valence-electron chi connectivity index (χ3n) is 5.01. The van der Waals surface area contributed by atoms with E-state index in [0.717, 1.165) is 30.3 Å². The van der Waals surface area contributed by atoms with Gasteiger partial charge in [-0.15, -0.1) is 0 Å². The molecule has 1 amide bonds. The predicted octanol–water partition coefficient (Wildman–Crippen LogP) is 0.539. The van der Waals surface area contributed by atoms with Crippen LogP contribution in [0.1, 0.15) is 49.9 Å². The van der Waals surface area contributed by atoms with Crippen molar-refractivity contribution in [1.82, 2.24) is 14.0 Å². The molecule has 1 unspecified atom stereocenters. The van der Waals surface area contributed by atoms with E-state index in [2.05, 4.69) is 6.92 Å². The Morgan fingerprint density at radius 1 is 1.25 bits per heavy atom. The van der Waals surface area contributed by atoms with Gasteiger partial charge in [-0.1, -0.05) is 0 Å². The van der Waals surface area contributed by atoms with Crippen LogP contribution in [0.3, 0.4) is 0 Å². The average Bonchev–Trinajstić information content (AvgIpc) is 3.38. The minimum absolute atomic E-state index is 0.0712. The lowest BCUT2D eigenvalue weighted by Crippen LogP contribution is -2.47. The second-order valence-corrected chi connectivity index (χ2v) is 6.98. The number of nitrogens with zero attached hydrogens (tertiary/aromatic N) is 3. The Labute approximate surface area is 139 Å². The van der Waals surface area contributed by atoms with Crippen molar-refractivity contribution in [2.45, 2.75) is 58.2 Å². The van der Waals surface area contributed by atoms with Crippen LogP contribution in [0, 0.1) is 5.92 Å². The first-order valence-corrected chi connectivity index (χ1v) is 8.43. The number of hydrogen-bond donors (Lipinski definition) is 0. The molecule has 130 valence electrons. The highest BCUT2D eigenvalue weighted by Gasteiger charge is 2.41. The summed E-state index contributed by atoms with van der Waals surface area (Å²) in [7, 11) is 1.32. The fourth-order valence-electron chi connectivity index (χ4n) is 3.23. The van der Waals surface area contributed by atoms with Crippen LogP contribution >= 0.6 is 0 Å². The first-order valence-electron chi connectivity index (χ1n) is 8.43. The van der Waals surface area contributed by atoms with Gasteiger partial charge in [0.2, 0.25) is 5.91 Å². The number of amides is 1. The van der Waals surface area contributed by atoms with Gasteiger partial charge in [0, 0.05) is 25.3 Å². The Balaban J connectivity index is 1.89. The zero-order valence-electron chi connectivity index (χ0n) is 14.3. The summed E-state index contributed by atoms with van der Waals surface area (Å²) in [6.45, 7) is 3.21. The van der Waals surface area contributed by atoms with E-state index in [4.69, 9.17) is 0 Å². The second kappa shape index (κ2) is 6.03. The van der Waals surface area contributed by atoms with E-state index in [1.165, 1.54) is 24.7 Å². The average molecular weight is 333 g/mol. The first kappa shape index (κ1) is 16.7. The third-order valence-corrected chi connectivity index (χ3v) is 5.01. The molecule has 2 fully saturated rings. The number of aromatic nitrogens is 2. The maximum Gasteiger partial charge on any atom is 0.331 e. The summed E-state index contributed by atoms with van der Waals surface area (Å²) in [6, 6.07) is 0.448. The first-order chi connectivity index (χ1) is 11.3. The molecule has 1 aromatic heterocycles. The van der Waals surface area contributed by atoms with Crippen LogP contribution in [0.25, 0.3) is 0 Å². The van der Waals surface area contributed by atoms with E-state index in [0.29, 0.717) is 5.92 Å². The fourth-order valence-corrected chi connectivity index (χ4v) is 3.23. The van der Waals surface area contributed by atoms with E-state index in [1.807, 2.05) is 4.90 Å². The lowest BCUT2D eigenvalue weighted by atomic mass is 10.1. The van der Waals surface area contributed by atoms with Crippen LogP contribution < -0.4 is 11.2 Å². The molecule has 0 bridgehead atoms. The van der Waals surface area contributed by atoms with Crippen LogP contribution in [-0.4, -0.2) is 37.8 Å². The van der Waals surface area contributed by atoms with Gasteiger partial charge in [-0.25, -0.2) is 4.79 Å². The monoisotopic (exact) mass is 333 g/mol. The third kappa shape index (κ3) is 3.07. The van der Waals surface area contributed by atoms with Crippen LogP contribution in [-0.2, 0) is 18.4 Å². The molecule has 0 N–H and O–H groups in total.